The van der Waals surface area contributed by atoms with Gasteiger partial charge in [0.1, 0.15) is 5.82 Å². The summed E-state index contributed by atoms with van der Waals surface area (Å²) in [6.07, 6.45) is 3.91. The lowest BCUT2D eigenvalue weighted by Crippen LogP contribution is -2.22. The van der Waals surface area contributed by atoms with Gasteiger partial charge in [-0.15, -0.1) is 0 Å². The molecule has 29 heavy (non-hydrogen) atoms. The minimum atomic E-state index is -0.266. The lowest BCUT2D eigenvalue weighted by molar-refractivity contribution is -0.120. The molecule has 0 spiro atoms. The van der Waals surface area contributed by atoms with E-state index in [0.29, 0.717) is 0 Å². The highest BCUT2D eigenvalue weighted by Gasteiger charge is 2.16. The summed E-state index contributed by atoms with van der Waals surface area (Å²) in [7, 11) is 0. The first-order valence-corrected chi connectivity index (χ1v) is 10.2. The van der Waals surface area contributed by atoms with Crippen molar-refractivity contribution in [3.8, 4) is 22.5 Å². The standard InChI is InChI=1S/C25H27FN2O/c1-3-5-8-18(4-2)25(29)27-22-10-6-9-20(17-22)24-12-7-11-23(28-24)19-13-15-21(26)16-14-19/h6-7,9-18H,3-5,8H2,1-2H3,(H,27,29)/t18-/m1/s1. The highest BCUT2D eigenvalue weighted by molar-refractivity contribution is 5.93. The molecule has 1 atom stereocenters. The van der Waals surface area contributed by atoms with E-state index in [0.717, 1.165) is 53.9 Å². The molecule has 0 aliphatic heterocycles. The summed E-state index contributed by atoms with van der Waals surface area (Å²) in [6, 6.07) is 19.8. The van der Waals surface area contributed by atoms with E-state index >= 15 is 0 Å². The summed E-state index contributed by atoms with van der Waals surface area (Å²) in [6.45, 7) is 4.20. The van der Waals surface area contributed by atoms with Gasteiger partial charge < -0.3 is 5.32 Å². The average molecular weight is 391 g/mol. The molecule has 0 fully saturated rings. The van der Waals surface area contributed by atoms with Crippen LogP contribution in [0.2, 0.25) is 0 Å². The Morgan fingerprint density at radius 1 is 0.966 bits per heavy atom. The van der Waals surface area contributed by atoms with Crippen LogP contribution in [0.3, 0.4) is 0 Å². The van der Waals surface area contributed by atoms with E-state index in [1.807, 2.05) is 42.5 Å². The number of rotatable bonds is 8. The number of pyridine rings is 1. The third-order valence-electron chi connectivity index (χ3n) is 5.08. The van der Waals surface area contributed by atoms with Crippen molar-refractivity contribution in [2.24, 2.45) is 5.92 Å². The van der Waals surface area contributed by atoms with E-state index in [4.69, 9.17) is 4.98 Å². The van der Waals surface area contributed by atoms with Crippen LogP contribution in [0, 0.1) is 11.7 Å². The van der Waals surface area contributed by atoms with Crippen molar-refractivity contribution in [2.75, 3.05) is 5.32 Å². The van der Waals surface area contributed by atoms with Crippen molar-refractivity contribution in [1.29, 1.82) is 0 Å². The van der Waals surface area contributed by atoms with E-state index in [1.54, 1.807) is 12.1 Å². The second-order valence-corrected chi connectivity index (χ2v) is 7.23. The number of amides is 1. The zero-order valence-corrected chi connectivity index (χ0v) is 17.0. The van der Waals surface area contributed by atoms with Crippen molar-refractivity contribution in [2.45, 2.75) is 39.5 Å². The molecule has 1 heterocycles. The van der Waals surface area contributed by atoms with Gasteiger partial charge >= 0.3 is 0 Å². The number of nitrogens with one attached hydrogen (secondary N) is 1. The molecule has 150 valence electrons. The predicted molar refractivity (Wildman–Crippen MR) is 117 cm³/mol. The normalized spacial score (nSPS) is 11.8. The quantitative estimate of drug-likeness (QED) is 0.464. The second kappa shape index (κ2) is 9.97. The molecule has 0 saturated carbocycles. The smallest absolute Gasteiger partial charge is 0.227 e. The first-order chi connectivity index (χ1) is 14.1. The van der Waals surface area contributed by atoms with Crippen molar-refractivity contribution in [1.82, 2.24) is 4.98 Å². The number of hydrogen-bond acceptors (Lipinski definition) is 2. The molecule has 1 aromatic heterocycles. The minimum Gasteiger partial charge on any atom is -0.326 e. The average Bonchev–Trinajstić information content (AvgIpc) is 2.75. The van der Waals surface area contributed by atoms with E-state index in [2.05, 4.69) is 19.2 Å². The summed E-state index contributed by atoms with van der Waals surface area (Å²) in [5, 5.41) is 3.06. The van der Waals surface area contributed by atoms with Crippen LogP contribution in [0.1, 0.15) is 39.5 Å². The van der Waals surface area contributed by atoms with E-state index < -0.39 is 0 Å². The Morgan fingerprint density at radius 3 is 2.34 bits per heavy atom. The van der Waals surface area contributed by atoms with E-state index in [9.17, 15) is 9.18 Å². The van der Waals surface area contributed by atoms with E-state index in [1.165, 1.54) is 12.1 Å². The lowest BCUT2D eigenvalue weighted by Gasteiger charge is -2.15. The fourth-order valence-electron chi connectivity index (χ4n) is 3.35. The number of carbonyl (C=O) groups is 1. The maximum Gasteiger partial charge on any atom is 0.227 e. The monoisotopic (exact) mass is 390 g/mol. The molecule has 0 radical (unpaired) electrons. The van der Waals surface area contributed by atoms with Gasteiger partial charge in [0.2, 0.25) is 5.91 Å². The van der Waals surface area contributed by atoms with Gasteiger partial charge in [-0.1, -0.05) is 44.9 Å². The van der Waals surface area contributed by atoms with Crippen LogP contribution >= 0.6 is 0 Å². The molecule has 0 aliphatic rings. The highest BCUT2D eigenvalue weighted by atomic mass is 19.1. The fourth-order valence-corrected chi connectivity index (χ4v) is 3.35. The van der Waals surface area contributed by atoms with Gasteiger partial charge in [-0.25, -0.2) is 9.37 Å². The van der Waals surface area contributed by atoms with Gasteiger partial charge in [-0.2, -0.15) is 0 Å². The zero-order chi connectivity index (χ0) is 20.6. The van der Waals surface area contributed by atoms with Crippen LogP contribution in [0.25, 0.3) is 22.5 Å². The van der Waals surface area contributed by atoms with Gasteiger partial charge in [0.25, 0.3) is 0 Å². The van der Waals surface area contributed by atoms with Gasteiger partial charge in [0, 0.05) is 22.7 Å². The molecule has 1 N–H and O–H groups in total. The highest BCUT2D eigenvalue weighted by Crippen LogP contribution is 2.25. The molecule has 3 nitrogen and oxygen atoms in total. The maximum atomic E-state index is 13.2. The number of carbonyl (C=O) groups excluding carboxylic acids is 1. The summed E-state index contributed by atoms with van der Waals surface area (Å²) in [4.78, 5) is 17.3. The largest absolute Gasteiger partial charge is 0.326 e. The van der Waals surface area contributed by atoms with Crippen molar-refractivity contribution < 1.29 is 9.18 Å². The molecule has 1 amide bonds. The summed E-state index contributed by atoms with van der Waals surface area (Å²) >= 11 is 0. The molecule has 2 aromatic carbocycles. The number of anilines is 1. The first-order valence-electron chi connectivity index (χ1n) is 10.2. The third-order valence-corrected chi connectivity index (χ3v) is 5.08. The van der Waals surface area contributed by atoms with Crippen LogP contribution in [-0.4, -0.2) is 10.9 Å². The third kappa shape index (κ3) is 5.50. The van der Waals surface area contributed by atoms with E-state index in [-0.39, 0.29) is 17.6 Å². The van der Waals surface area contributed by atoms with Gasteiger partial charge in [0.05, 0.1) is 11.4 Å². The van der Waals surface area contributed by atoms with Crippen LogP contribution in [0.5, 0.6) is 0 Å². The molecular formula is C25H27FN2O. The molecule has 0 bridgehead atoms. The van der Waals surface area contributed by atoms with Crippen LogP contribution in [-0.2, 0) is 4.79 Å². The van der Waals surface area contributed by atoms with Crippen LogP contribution < -0.4 is 5.32 Å². The Balaban J connectivity index is 1.80. The molecule has 4 heteroatoms. The maximum absolute atomic E-state index is 13.2. The Kier molecular flexibility index (Phi) is 7.12. The SMILES string of the molecule is CCCC[C@@H](CC)C(=O)Nc1cccc(-c2cccc(-c3ccc(F)cc3)n2)c1. The van der Waals surface area contributed by atoms with Crippen molar-refractivity contribution >= 4 is 11.6 Å². The zero-order valence-electron chi connectivity index (χ0n) is 17.0. The van der Waals surface area contributed by atoms with Gasteiger partial charge in [-0.05, 0) is 61.4 Å². The first kappa shape index (κ1) is 20.7. The Bertz CT molecular complexity index is 953. The van der Waals surface area contributed by atoms with Crippen molar-refractivity contribution in [3.05, 3.63) is 72.5 Å². The van der Waals surface area contributed by atoms with Gasteiger partial charge in [-0.3, -0.25) is 4.79 Å². The molecule has 0 saturated heterocycles. The lowest BCUT2D eigenvalue weighted by atomic mass is 9.98. The van der Waals surface area contributed by atoms with Crippen LogP contribution in [0.4, 0.5) is 10.1 Å². The number of hydrogen-bond donors (Lipinski definition) is 1. The molecule has 3 aromatic rings. The van der Waals surface area contributed by atoms with Gasteiger partial charge in [0.15, 0.2) is 0 Å². The number of halogens is 1. The summed E-state index contributed by atoms with van der Waals surface area (Å²) in [5.74, 6) is -0.151. The number of unbranched alkanes of at least 4 members (excludes halogenated alkanes) is 1. The number of nitrogens with zero attached hydrogens (tertiary/aromatic N) is 1. The fraction of sp³-hybridized carbons (Fsp3) is 0.280. The Hall–Kier alpha value is -3.01. The Labute approximate surface area is 172 Å². The Morgan fingerprint density at radius 2 is 1.66 bits per heavy atom. The minimum absolute atomic E-state index is 0.0403. The number of benzene rings is 2. The predicted octanol–water partition coefficient (Wildman–Crippen LogP) is 6.71. The molecular weight excluding hydrogens is 363 g/mol. The summed E-state index contributed by atoms with van der Waals surface area (Å²) < 4.78 is 13.2. The molecule has 0 unspecified atom stereocenters. The second-order valence-electron chi connectivity index (χ2n) is 7.23. The summed E-state index contributed by atoms with van der Waals surface area (Å²) in [5.41, 5.74) is 4.15. The van der Waals surface area contributed by atoms with Crippen LogP contribution in [0.15, 0.2) is 66.7 Å². The number of aromatic nitrogens is 1. The molecule has 0 aliphatic carbocycles. The topological polar surface area (TPSA) is 42.0 Å². The molecule has 3 rings (SSSR count). The van der Waals surface area contributed by atoms with Crippen molar-refractivity contribution in [3.63, 3.8) is 0 Å².